The molecule has 0 aliphatic rings. The van der Waals surface area contributed by atoms with Gasteiger partial charge in [0.25, 0.3) is 0 Å². The summed E-state index contributed by atoms with van der Waals surface area (Å²) in [6, 6.07) is 8.09. The topological polar surface area (TPSA) is 114 Å². The van der Waals surface area contributed by atoms with Crippen LogP contribution in [0.25, 0.3) is 0 Å². The van der Waals surface area contributed by atoms with Crippen LogP contribution in [0.5, 0.6) is 46.0 Å². The third-order valence-corrected chi connectivity index (χ3v) is 6.00. The van der Waals surface area contributed by atoms with Gasteiger partial charge in [-0.2, -0.15) is 0 Å². The van der Waals surface area contributed by atoms with E-state index in [0.29, 0.717) is 37.9 Å². The standard InChI is InChI=1S/C26H26Cl4O10/c1-33-3-5-35-13-37-16-9-18(27)25(19(28)10-16)39-22-7-15(31)8-23(24(22)32)40-26-20(29)11-17(12-21(26)30)38-14-36-6-4-34-2/h7-12,31-32H,3-6,13-14H2,1-2H3. The van der Waals surface area contributed by atoms with Crippen LogP contribution < -0.4 is 18.9 Å². The molecule has 218 valence electrons. The number of aromatic hydroxyl groups is 2. The van der Waals surface area contributed by atoms with Crippen LogP contribution in [0.3, 0.4) is 0 Å². The monoisotopic (exact) mass is 638 g/mol. The molecule has 0 heterocycles. The quantitative estimate of drug-likeness (QED) is 0.0940. The molecule has 0 amide bonds. The van der Waals surface area contributed by atoms with Gasteiger partial charge in [0.15, 0.2) is 36.6 Å². The van der Waals surface area contributed by atoms with E-state index in [0.717, 1.165) is 12.1 Å². The predicted molar refractivity (Wildman–Crippen MR) is 149 cm³/mol. The van der Waals surface area contributed by atoms with Crippen LogP contribution in [0.1, 0.15) is 0 Å². The van der Waals surface area contributed by atoms with Crippen LogP contribution in [0.15, 0.2) is 36.4 Å². The Morgan fingerprint density at radius 3 is 1.30 bits per heavy atom. The van der Waals surface area contributed by atoms with Gasteiger partial charge >= 0.3 is 0 Å². The first-order valence-corrected chi connectivity index (χ1v) is 13.0. The van der Waals surface area contributed by atoms with E-state index >= 15 is 0 Å². The smallest absolute Gasteiger partial charge is 0.202 e. The highest BCUT2D eigenvalue weighted by Gasteiger charge is 2.20. The molecular weight excluding hydrogens is 614 g/mol. The molecule has 3 rings (SSSR count). The Bertz CT molecular complexity index is 1140. The van der Waals surface area contributed by atoms with Crippen molar-refractivity contribution in [2.24, 2.45) is 0 Å². The Morgan fingerprint density at radius 1 is 0.575 bits per heavy atom. The van der Waals surface area contributed by atoms with Gasteiger partial charge in [-0.3, -0.25) is 0 Å². The van der Waals surface area contributed by atoms with Crippen molar-refractivity contribution < 1.29 is 48.1 Å². The minimum Gasteiger partial charge on any atom is -0.508 e. The first kappa shape index (κ1) is 32.0. The maximum Gasteiger partial charge on any atom is 0.202 e. The van der Waals surface area contributed by atoms with Crippen molar-refractivity contribution in [3.05, 3.63) is 56.5 Å². The lowest BCUT2D eigenvalue weighted by molar-refractivity contribution is -0.00857. The van der Waals surface area contributed by atoms with E-state index in [-0.39, 0.29) is 62.4 Å². The second kappa shape index (κ2) is 16.0. The molecule has 0 aromatic heterocycles. The number of halogens is 4. The molecule has 0 aliphatic heterocycles. The fourth-order valence-corrected chi connectivity index (χ4v) is 4.09. The highest BCUT2D eigenvalue weighted by atomic mass is 35.5. The number of hydrogen-bond donors (Lipinski definition) is 2. The second-order valence-corrected chi connectivity index (χ2v) is 9.38. The molecule has 2 N–H and O–H groups in total. The molecule has 0 radical (unpaired) electrons. The maximum absolute atomic E-state index is 10.8. The maximum atomic E-state index is 10.8. The SMILES string of the molecule is COCCOCOc1cc(Cl)c(Oc2cc(O)cc(Oc3c(Cl)cc(OCOCCOC)cc3Cl)c2O)c(Cl)c1. The molecule has 0 atom stereocenters. The van der Waals surface area contributed by atoms with E-state index in [2.05, 4.69) is 0 Å². The molecule has 14 heteroatoms. The highest BCUT2D eigenvalue weighted by molar-refractivity contribution is 6.38. The number of hydrogen-bond acceptors (Lipinski definition) is 10. The van der Waals surface area contributed by atoms with E-state index in [9.17, 15) is 10.2 Å². The molecular formula is C26H26Cl4O10. The van der Waals surface area contributed by atoms with E-state index in [1.807, 2.05) is 0 Å². The lowest BCUT2D eigenvalue weighted by Gasteiger charge is -2.16. The molecule has 0 saturated heterocycles. The molecule has 10 nitrogen and oxygen atoms in total. The lowest BCUT2D eigenvalue weighted by Crippen LogP contribution is -2.07. The fraction of sp³-hybridized carbons (Fsp3) is 0.308. The van der Waals surface area contributed by atoms with Crippen LogP contribution in [-0.4, -0.2) is 64.4 Å². The molecule has 0 aliphatic carbocycles. The minimum atomic E-state index is -0.490. The Labute approximate surface area is 250 Å². The summed E-state index contributed by atoms with van der Waals surface area (Å²) in [5.74, 6) is -0.587. The number of phenols is 2. The third kappa shape index (κ3) is 9.25. The van der Waals surface area contributed by atoms with Gasteiger partial charge in [-0.15, -0.1) is 0 Å². The first-order valence-electron chi connectivity index (χ1n) is 11.5. The van der Waals surface area contributed by atoms with Gasteiger partial charge in [0, 0.05) is 50.6 Å². The van der Waals surface area contributed by atoms with Gasteiger partial charge in [0.05, 0.1) is 46.5 Å². The highest BCUT2D eigenvalue weighted by Crippen LogP contribution is 2.49. The number of ether oxygens (including phenoxy) is 8. The number of methoxy groups -OCH3 is 2. The molecule has 3 aromatic rings. The Balaban J connectivity index is 1.75. The van der Waals surface area contributed by atoms with Crippen molar-refractivity contribution in [2.75, 3.05) is 54.2 Å². The zero-order valence-electron chi connectivity index (χ0n) is 21.4. The average molecular weight is 640 g/mol. The summed E-state index contributed by atoms with van der Waals surface area (Å²) >= 11 is 25.4. The van der Waals surface area contributed by atoms with Gasteiger partial charge in [-0.05, 0) is 0 Å². The van der Waals surface area contributed by atoms with E-state index in [1.165, 1.54) is 24.3 Å². The second-order valence-electron chi connectivity index (χ2n) is 7.75. The summed E-state index contributed by atoms with van der Waals surface area (Å²) in [4.78, 5) is 0. The largest absolute Gasteiger partial charge is 0.508 e. The summed E-state index contributed by atoms with van der Waals surface area (Å²) in [5, 5.41) is 21.4. The van der Waals surface area contributed by atoms with Crippen molar-refractivity contribution in [2.45, 2.75) is 0 Å². The molecule has 0 bridgehead atoms. The summed E-state index contributed by atoms with van der Waals surface area (Å²) in [5.41, 5.74) is 0. The predicted octanol–water partition coefficient (Wildman–Crippen LogP) is 7.29. The van der Waals surface area contributed by atoms with Crippen LogP contribution in [0.2, 0.25) is 20.1 Å². The van der Waals surface area contributed by atoms with E-state index < -0.39 is 5.75 Å². The van der Waals surface area contributed by atoms with Gasteiger partial charge in [0.2, 0.25) is 5.75 Å². The fourth-order valence-electron chi connectivity index (χ4n) is 3.00. The molecule has 0 saturated carbocycles. The van der Waals surface area contributed by atoms with Crippen LogP contribution in [0, 0.1) is 0 Å². The Morgan fingerprint density at radius 2 is 0.950 bits per heavy atom. The summed E-state index contributed by atoms with van der Waals surface area (Å²) in [6.07, 6.45) is 0. The van der Waals surface area contributed by atoms with Gasteiger partial charge < -0.3 is 48.1 Å². The van der Waals surface area contributed by atoms with Gasteiger partial charge in [-0.25, -0.2) is 0 Å². The van der Waals surface area contributed by atoms with Crippen molar-refractivity contribution in [3.63, 3.8) is 0 Å². The Hall–Kier alpha value is -2.54. The Kier molecular flexibility index (Phi) is 12.8. The van der Waals surface area contributed by atoms with Crippen molar-refractivity contribution >= 4 is 46.4 Å². The third-order valence-electron chi connectivity index (χ3n) is 4.87. The average Bonchev–Trinajstić information content (AvgIpc) is 2.90. The van der Waals surface area contributed by atoms with E-state index in [4.69, 9.17) is 84.3 Å². The van der Waals surface area contributed by atoms with E-state index in [1.54, 1.807) is 14.2 Å². The minimum absolute atomic E-state index is 0.00637. The zero-order chi connectivity index (χ0) is 29.1. The molecule has 0 unspecified atom stereocenters. The van der Waals surface area contributed by atoms with Gasteiger partial charge in [0.1, 0.15) is 17.2 Å². The van der Waals surface area contributed by atoms with Crippen molar-refractivity contribution in [3.8, 4) is 46.0 Å². The van der Waals surface area contributed by atoms with Crippen LogP contribution >= 0.6 is 46.4 Å². The molecule has 3 aromatic carbocycles. The van der Waals surface area contributed by atoms with Crippen molar-refractivity contribution in [1.82, 2.24) is 0 Å². The number of phenolic OH excluding ortho intramolecular Hbond substituents is 2. The summed E-state index contributed by atoms with van der Waals surface area (Å²) in [7, 11) is 3.12. The number of rotatable bonds is 16. The zero-order valence-corrected chi connectivity index (χ0v) is 24.4. The van der Waals surface area contributed by atoms with Crippen molar-refractivity contribution in [1.29, 1.82) is 0 Å². The summed E-state index contributed by atoms with van der Waals surface area (Å²) < 4.78 is 42.7. The molecule has 0 spiro atoms. The molecule has 40 heavy (non-hydrogen) atoms. The van der Waals surface area contributed by atoms with Gasteiger partial charge in [-0.1, -0.05) is 46.4 Å². The lowest BCUT2D eigenvalue weighted by atomic mass is 10.2. The van der Waals surface area contributed by atoms with Crippen LogP contribution in [0.4, 0.5) is 0 Å². The van der Waals surface area contributed by atoms with Crippen LogP contribution in [-0.2, 0) is 18.9 Å². The molecule has 0 fully saturated rings. The summed E-state index contributed by atoms with van der Waals surface area (Å²) in [6.45, 7) is 1.42. The first-order chi connectivity index (χ1) is 19.2. The normalized spacial score (nSPS) is 10.9. The number of benzene rings is 3.